The van der Waals surface area contributed by atoms with Crippen LogP contribution in [0.5, 0.6) is 0 Å². The monoisotopic (exact) mass is 316 g/mol. The van der Waals surface area contributed by atoms with Gasteiger partial charge < -0.3 is 15.3 Å². The average molecular weight is 317 g/mol. The van der Waals surface area contributed by atoms with Crippen molar-refractivity contribution in [3.63, 3.8) is 0 Å². The molecule has 0 aliphatic carbocycles. The van der Waals surface area contributed by atoms with Crippen LogP contribution in [0.4, 0.5) is 13.2 Å². The molecule has 1 unspecified atom stereocenters. The van der Waals surface area contributed by atoms with Gasteiger partial charge in [0.2, 0.25) is 5.91 Å². The number of alkyl halides is 3. The second kappa shape index (κ2) is 6.49. The van der Waals surface area contributed by atoms with Crippen LogP contribution in [0.25, 0.3) is 0 Å². The van der Waals surface area contributed by atoms with Gasteiger partial charge in [-0.25, -0.2) is 0 Å². The summed E-state index contributed by atoms with van der Waals surface area (Å²) in [5.74, 6) is -0.0274. The number of nitrogens with zero attached hydrogens (tertiary/aromatic N) is 1. The first-order valence-corrected chi connectivity index (χ1v) is 6.59. The summed E-state index contributed by atoms with van der Waals surface area (Å²) < 4.78 is 37.9. The highest BCUT2D eigenvalue weighted by Crippen LogP contribution is 2.38. The number of likely N-dealkylation sites (tertiary alicyclic amines) is 1. The van der Waals surface area contributed by atoms with Gasteiger partial charge in [0.15, 0.2) is 5.60 Å². The number of aliphatic hydroxyl groups is 1. The van der Waals surface area contributed by atoms with Crippen LogP contribution in [-0.4, -0.2) is 53.9 Å². The lowest BCUT2D eigenvalue weighted by Gasteiger charge is -2.27. The van der Waals surface area contributed by atoms with Crippen molar-refractivity contribution in [2.24, 2.45) is 5.92 Å². The Labute approximate surface area is 122 Å². The standard InChI is InChI=1S/C12H19F3N2O2.ClH/c13-12(14,15)11(19)3-6-17(8-11)10(18)7-9-1-4-16-5-2-9;/h9,16,19H,1-8H2;1H. The third-order valence-electron chi connectivity index (χ3n) is 4.05. The van der Waals surface area contributed by atoms with Gasteiger partial charge >= 0.3 is 6.18 Å². The summed E-state index contributed by atoms with van der Waals surface area (Å²) in [7, 11) is 0. The Kier molecular flexibility index (Phi) is 5.69. The molecule has 2 aliphatic heterocycles. The molecule has 2 fully saturated rings. The molecule has 2 N–H and O–H groups in total. The van der Waals surface area contributed by atoms with Crippen LogP contribution in [0.15, 0.2) is 0 Å². The lowest BCUT2D eigenvalue weighted by molar-refractivity contribution is -0.253. The van der Waals surface area contributed by atoms with Crippen molar-refractivity contribution in [1.29, 1.82) is 0 Å². The van der Waals surface area contributed by atoms with E-state index in [1.807, 2.05) is 0 Å². The van der Waals surface area contributed by atoms with E-state index in [1.54, 1.807) is 0 Å². The minimum absolute atomic E-state index is 0. The first-order valence-electron chi connectivity index (χ1n) is 6.59. The molecule has 0 aromatic heterocycles. The SMILES string of the molecule is Cl.O=C(CC1CCNCC1)N1CCC(O)(C(F)(F)F)C1. The minimum atomic E-state index is -4.67. The molecular formula is C12H20ClF3N2O2. The van der Waals surface area contributed by atoms with Gasteiger partial charge in [-0.3, -0.25) is 4.79 Å². The van der Waals surface area contributed by atoms with Crippen molar-refractivity contribution >= 4 is 18.3 Å². The van der Waals surface area contributed by atoms with Crippen molar-refractivity contribution in [3.8, 4) is 0 Å². The van der Waals surface area contributed by atoms with E-state index in [0.29, 0.717) is 0 Å². The van der Waals surface area contributed by atoms with Gasteiger partial charge in [0.05, 0.1) is 6.54 Å². The zero-order valence-electron chi connectivity index (χ0n) is 11.1. The molecule has 4 nitrogen and oxygen atoms in total. The van der Waals surface area contributed by atoms with Crippen LogP contribution in [0.3, 0.4) is 0 Å². The summed E-state index contributed by atoms with van der Waals surface area (Å²) >= 11 is 0. The number of piperidine rings is 1. The van der Waals surface area contributed by atoms with Crippen LogP contribution >= 0.6 is 12.4 Å². The number of amides is 1. The fraction of sp³-hybridized carbons (Fsp3) is 0.917. The first-order chi connectivity index (χ1) is 8.82. The van der Waals surface area contributed by atoms with Gasteiger partial charge in [-0.1, -0.05) is 0 Å². The fourth-order valence-electron chi connectivity index (χ4n) is 2.70. The van der Waals surface area contributed by atoms with Crippen LogP contribution in [0.2, 0.25) is 0 Å². The summed E-state index contributed by atoms with van der Waals surface area (Å²) in [5.41, 5.74) is -2.73. The van der Waals surface area contributed by atoms with Crippen molar-refractivity contribution in [2.45, 2.75) is 37.5 Å². The smallest absolute Gasteiger partial charge is 0.379 e. The van der Waals surface area contributed by atoms with Crippen LogP contribution in [0, 0.1) is 5.92 Å². The maximum Gasteiger partial charge on any atom is 0.419 e. The van der Waals surface area contributed by atoms with Gasteiger partial charge in [-0.2, -0.15) is 13.2 Å². The number of hydrogen-bond donors (Lipinski definition) is 2. The molecule has 0 aromatic carbocycles. The van der Waals surface area contributed by atoms with Crippen molar-refractivity contribution in [3.05, 3.63) is 0 Å². The van der Waals surface area contributed by atoms with Gasteiger partial charge in [0.25, 0.3) is 0 Å². The van der Waals surface area contributed by atoms with E-state index in [9.17, 15) is 23.1 Å². The quantitative estimate of drug-likeness (QED) is 0.808. The molecule has 0 spiro atoms. The Bertz CT molecular complexity index is 348. The molecule has 0 saturated carbocycles. The number of nitrogens with one attached hydrogen (secondary N) is 1. The molecule has 1 atom stereocenters. The Morgan fingerprint density at radius 2 is 1.95 bits per heavy atom. The zero-order valence-corrected chi connectivity index (χ0v) is 11.9. The van der Waals surface area contributed by atoms with E-state index in [0.717, 1.165) is 30.8 Å². The summed E-state index contributed by atoms with van der Waals surface area (Å²) in [4.78, 5) is 13.1. The minimum Gasteiger partial charge on any atom is -0.379 e. The molecule has 2 aliphatic rings. The molecule has 1 amide bonds. The van der Waals surface area contributed by atoms with Crippen molar-refractivity contribution in [2.75, 3.05) is 26.2 Å². The average Bonchev–Trinajstić information content (AvgIpc) is 2.74. The third-order valence-corrected chi connectivity index (χ3v) is 4.05. The highest BCUT2D eigenvalue weighted by atomic mass is 35.5. The largest absolute Gasteiger partial charge is 0.419 e. The number of carbonyl (C=O) groups is 1. The Balaban J connectivity index is 0.00000200. The third kappa shape index (κ3) is 3.77. The highest BCUT2D eigenvalue weighted by Gasteiger charge is 2.57. The molecule has 2 saturated heterocycles. The van der Waals surface area contributed by atoms with E-state index in [1.165, 1.54) is 0 Å². The molecular weight excluding hydrogens is 297 g/mol. The maximum absolute atomic E-state index is 12.6. The molecule has 118 valence electrons. The highest BCUT2D eigenvalue weighted by molar-refractivity contribution is 5.85. The molecule has 0 aromatic rings. The molecule has 2 heterocycles. The molecule has 0 bridgehead atoms. The molecule has 20 heavy (non-hydrogen) atoms. The summed E-state index contributed by atoms with van der Waals surface area (Å²) in [5, 5.41) is 12.7. The molecule has 0 radical (unpaired) electrons. The van der Waals surface area contributed by atoms with Gasteiger partial charge in [0.1, 0.15) is 0 Å². The summed E-state index contributed by atoms with van der Waals surface area (Å²) in [6.45, 7) is 1.06. The van der Waals surface area contributed by atoms with E-state index in [4.69, 9.17) is 0 Å². The van der Waals surface area contributed by atoms with E-state index in [-0.39, 0.29) is 37.2 Å². The number of halogens is 4. The molecule has 2 rings (SSSR count). The fourth-order valence-corrected chi connectivity index (χ4v) is 2.70. The number of carbonyl (C=O) groups excluding carboxylic acids is 1. The second-order valence-corrected chi connectivity index (χ2v) is 5.49. The summed E-state index contributed by atoms with van der Waals surface area (Å²) in [6.07, 6.45) is -3.05. The first kappa shape index (κ1) is 17.5. The maximum atomic E-state index is 12.6. The zero-order chi connectivity index (χ0) is 14.1. The van der Waals surface area contributed by atoms with Crippen molar-refractivity contribution < 1.29 is 23.1 Å². The van der Waals surface area contributed by atoms with Crippen LogP contribution in [-0.2, 0) is 4.79 Å². The number of hydrogen-bond acceptors (Lipinski definition) is 3. The van der Waals surface area contributed by atoms with Crippen LogP contribution in [0.1, 0.15) is 25.7 Å². The lowest BCUT2D eigenvalue weighted by Crippen LogP contribution is -2.48. The van der Waals surface area contributed by atoms with Crippen molar-refractivity contribution in [1.82, 2.24) is 10.2 Å². The Morgan fingerprint density at radius 3 is 2.45 bits per heavy atom. The van der Waals surface area contributed by atoms with E-state index >= 15 is 0 Å². The van der Waals surface area contributed by atoms with Gasteiger partial charge in [-0.15, -0.1) is 12.4 Å². The molecule has 8 heteroatoms. The van der Waals surface area contributed by atoms with Crippen LogP contribution < -0.4 is 5.32 Å². The number of rotatable bonds is 2. The van der Waals surface area contributed by atoms with Gasteiger partial charge in [0, 0.05) is 19.4 Å². The summed E-state index contributed by atoms with van der Waals surface area (Å²) in [6, 6.07) is 0. The Hall–Kier alpha value is -0.530. The normalized spacial score (nSPS) is 28.3. The van der Waals surface area contributed by atoms with Gasteiger partial charge in [-0.05, 0) is 31.8 Å². The van der Waals surface area contributed by atoms with E-state index in [2.05, 4.69) is 5.32 Å². The topological polar surface area (TPSA) is 52.6 Å². The number of β-amino-alcohol motifs (C(OH)–C–C–N with tert-alkyl or cyclic N) is 1. The second-order valence-electron chi connectivity index (χ2n) is 5.49. The van der Waals surface area contributed by atoms with E-state index < -0.39 is 24.7 Å². The lowest BCUT2D eigenvalue weighted by atomic mass is 9.94. The predicted molar refractivity (Wildman–Crippen MR) is 69.7 cm³/mol. The predicted octanol–water partition coefficient (Wildman–Crippen LogP) is 1.32. The Morgan fingerprint density at radius 1 is 1.35 bits per heavy atom.